The van der Waals surface area contributed by atoms with Crippen LogP contribution in [-0.2, 0) is 10.3 Å². The lowest BCUT2D eigenvalue weighted by molar-refractivity contribution is 0.0224. The maximum Gasteiger partial charge on any atom is 0.340 e. The Labute approximate surface area is 281 Å². The third-order valence-corrected chi connectivity index (χ3v) is 9.67. The van der Waals surface area contributed by atoms with Gasteiger partial charge >= 0.3 is 5.97 Å². The van der Waals surface area contributed by atoms with E-state index in [1.54, 1.807) is 18.5 Å². The summed E-state index contributed by atoms with van der Waals surface area (Å²) in [5, 5.41) is 22.8. The molecule has 4 heterocycles. The van der Waals surface area contributed by atoms with Crippen molar-refractivity contribution in [2.75, 3.05) is 0 Å². The van der Waals surface area contributed by atoms with Crippen LogP contribution in [0.4, 0.5) is 0 Å². The normalized spacial score (nSPS) is 16.8. The molecule has 0 radical (unpaired) electrons. The van der Waals surface area contributed by atoms with Gasteiger partial charge in [0.15, 0.2) is 5.60 Å². The van der Waals surface area contributed by atoms with Gasteiger partial charge in [-0.1, -0.05) is 78.9 Å². The molecule has 7 aromatic rings. The van der Waals surface area contributed by atoms with Crippen LogP contribution < -0.4 is 4.74 Å². The smallest absolute Gasteiger partial charge is 0.340 e. The lowest BCUT2D eigenvalue weighted by atomic mass is 9.76. The highest BCUT2D eigenvalue weighted by Crippen LogP contribution is 2.57. The lowest BCUT2D eigenvalue weighted by Crippen LogP contribution is -2.33. The maximum absolute atomic E-state index is 13.5. The Hall–Kier alpha value is -6.83. The van der Waals surface area contributed by atoms with Gasteiger partial charge in [-0.05, 0) is 64.7 Å². The molecule has 2 aliphatic heterocycles. The van der Waals surface area contributed by atoms with Crippen LogP contribution in [0.3, 0.4) is 0 Å². The van der Waals surface area contributed by atoms with Crippen LogP contribution in [-0.4, -0.2) is 15.9 Å². The molecule has 1 spiro atoms. The van der Waals surface area contributed by atoms with Crippen molar-refractivity contribution in [3.63, 3.8) is 0 Å². The molecule has 2 aromatic heterocycles. The molecule has 230 valence electrons. The van der Waals surface area contributed by atoms with Crippen LogP contribution in [0.2, 0.25) is 0 Å². The highest BCUT2D eigenvalue weighted by Gasteiger charge is 2.53. The molecule has 0 aliphatic carbocycles. The Balaban J connectivity index is 1.23. The molecule has 0 saturated carbocycles. The zero-order valence-corrected chi connectivity index (χ0v) is 25.9. The van der Waals surface area contributed by atoms with E-state index in [4.69, 9.17) is 9.47 Å². The van der Waals surface area contributed by atoms with E-state index >= 15 is 0 Å². The fraction of sp³-hybridized carbons (Fsp3) is 0.0714. The Morgan fingerprint density at radius 2 is 1.10 bits per heavy atom. The Bertz CT molecular complexity index is 2440. The summed E-state index contributed by atoms with van der Waals surface area (Å²) in [7, 11) is 0. The molecule has 7 heteroatoms. The van der Waals surface area contributed by atoms with Gasteiger partial charge in [0.05, 0.1) is 40.6 Å². The summed E-state index contributed by atoms with van der Waals surface area (Å²) < 4.78 is 13.1. The number of pyridine rings is 2. The number of para-hydroxylation sites is 2. The second kappa shape index (κ2) is 10.9. The molecule has 0 fully saturated rings. The molecule has 9 rings (SSSR count). The summed E-state index contributed by atoms with van der Waals surface area (Å²) >= 11 is 0. The van der Waals surface area contributed by atoms with E-state index in [2.05, 4.69) is 22.1 Å². The molecular weight excluding hydrogens is 608 g/mol. The first-order valence-electron chi connectivity index (χ1n) is 15.9. The summed E-state index contributed by atoms with van der Waals surface area (Å²) in [5.41, 5.74) is 5.94. The fourth-order valence-corrected chi connectivity index (χ4v) is 7.46. The summed E-state index contributed by atoms with van der Waals surface area (Å²) in [4.78, 5) is 22.4. The van der Waals surface area contributed by atoms with Crippen molar-refractivity contribution in [1.82, 2.24) is 9.97 Å². The van der Waals surface area contributed by atoms with Gasteiger partial charge in [0.1, 0.15) is 11.5 Å². The van der Waals surface area contributed by atoms with E-state index in [9.17, 15) is 15.3 Å². The first kappa shape index (κ1) is 28.4. The summed E-state index contributed by atoms with van der Waals surface area (Å²) in [5.74, 6) is -0.737. The number of carbonyl (C=O) groups is 1. The number of ether oxygens (including phenoxy) is 2. The summed E-state index contributed by atoms with van der Waals surface area (Å²) in [6.45, 7) is 0. The number of carbonyl (C=O) groups excluding carboxylic acids is 1. The van der Waals surface area contributed by atoms with Crippen molar-refractivity contribution >= 4 is 27.8 Å². The predicted molar refractivity (Wildman–Crippen MR) is 183 cm³/mol. The van der Waals surface area contributed by atoms with Gasteiger partial charge in [-0.3, -0.25) is 9.97 Å². The molecule has 2 unspecified atom stereocenters. The average molecular weight is 633 g/mol. The largest absolute Gasteiger partial charge is 0.456 e. The zero-order chi connectivity index (χ0) is 33.1. The number of hydrogen-bond acceptors (Lipinski definition) is 7. The molecule has 5 aromatic carbocycles. The second-order valence-corrected chi connectivity index (χ2v) is 12.2. The number of fused-ring (bicyclic) bond motifs is 8. The Kier molecular flexibility index (Phi) is 6.30. The minimum absolute atomic E-state index is 0.432. The molecular formula is C42H24N4O3. The number of nitrogens with zero attached hydrogens (tertiary/aromatic N) is 4. The van der Waals surface area contributed by atoms with E-state index in [0.717, 1.165) is 44.1 Å². The molecule has 7 nitrogen and oxygen atoms in total. The van der Waals surface area contributed by atoms with Gasteiger partial charge in [0, 0.05) is 39.9 Å². The van der Waals surface area contributed by atoms with Crippen LogP contribution in [0.15, 0.2) is 134 Å². The van der Waals surface area contributed by atoms with Crippen LogP contribution >= 0.6 is 0 Å². The Morgan fingerprint density at radius 3 is 1.65 bits per heavy atom. The van der Waals surface area contributed by atoms with Crippen molar-refractivity contribution in [2.24, 2.45) is 0 Å². The van der Waals surface area contributed by atoms with Gasteiger partial charge in [-0.2, -0.15) is 10.5 Å². The van der Waals surface area contributed by atoms with E-state index in [-0.39, 0.29) is 0 Å². The first-order chi connectivity index (χ1) is 24.1. The number of esters is 1. The number of hydrogen-bond donors (Lipinski definition) is 0. The SMILES string of the molecule is N#CC(c1ccc2c(c1)Oc1cc(C(C#N)c3ccnc4ccccc34)ccc1C21OC(=O)c2ccccc21)c1ccnc2ccccc12. The molecule has 2 aliphatic rings. The molecule has 0 bridgehead atoms. The van der Waals surface area contributed by atoms with Crippen LogP contribution in [0.5, 0.6) is 11.5 Å². The molecule has 0 amide bonds. The molecule has 49 heavy (non-hydrogen) atoms. The number of benzene rings is 5. The van der Waals surface area contributed by atoms with Gasteiger partial charge in [0.25, 0.3) is 0 Å². The minimum Gasteiger partial charge on any atom is -0.456 e. The zero-order valence-electron chi connectivity index (χ0n) is 25.9. The number of rotatable bonds is 4. The van der Waals surface area contributed by atoms with Gasteiger partial charge in [0.2, 0.25) is 0 Å². The monoisotopic (exact) mass is 632 g/mol. The average Bonchev–Trinajstić information content (AvgIpc) is 3.44. The van der Waals surface area contributed by atoms with E-state index in [0.29, 0.717) is 33.8 Å². The standard InChI is InChI=1S/C42H24N4O3/c43-23-32(27-17-19-45-37-11-5-2-7-29(27)37)25-13-15-35-39(21-25)48-40-22-26(33(24-44)28-18-20-46-38-12-6-3-8-30(28)38)14-16-36(40)42(35)34-10-4-1-9-31(34)41(47)49-42/h1-22,32-33H. The molecule has 0 N–H and O–H groups in total. The van der Waals surface area contributed by atoms with Crippen LogP contribution in [0, 0.1) is 22.7 Å². The van der Waals surface area contributed by atoms with Crippen molar-refractivity contribution in [3.8, 4) is 23.6 Å². The summed E-state index contributed by atoms with van der Waals surface area (Å²) in [6, 6.07) is 42.9. The van der Waals surface area contributed by atoms with Gasteiger partial charge in [-0.15, -0.1) is 0 Å². The second-order valence-electron chi connectivity index (χ2n) is 12.2. The fourth-order valence-electron chi connectivity index (χ4n) is 7.46. The first-order valence-corrected chi connectivity index (χ1v) is 15.9. The number of nitriles is 2. The quantitative estimate of drug-likeness (QED) is 0.179. The Morgan fingerprint density at radius 1 is 0.592 bits per heavy atom. The summed E-state index contributed by atoms with van der Waals surface area (Å²) in [6.07, 6.45) is 3.44. The van der Waals surface area contributed by atoms with Crippen molar-refractivity contribution in [3.05, 3.63) is 178 Å². The van der Waals surface area contributed by atoms with Crippen LogP contribution in [0.25, 0.3) is 21.8 Å². The lowest BCUT2D eigenvalue weighted by Gasteiger charge is -2.37. The third kappa shape index (κ3) is 4.16. The maximum atomic E-state index is 13.5. The predicted octanol–water partition coefficient (Wildman–Crippen LogP) is 8.66. The van der Waals surface area contributed by atoms with E-state index < -0.39 is 23.4 Å². The van der Waals surface area contributed by atoms with Gasteiger partial charge < -0.3 is 9.47 Å². The van der Waals surface area contributed by atoms with Crippen molar-refractivity contribution < 1.29 is 14.3 Å². The van der Waals surface area contributed by atoms with Gasteiger partial charge in [-0.25, -0.2) is 4.79 Å². The highest BCUT2D eigenvalue weighted by atomic mass is 16.6. The topological polar surface area (TPSA) is 109 Å². The van der Waals surface area contributed by atoms with Crippen molar-refractivity contribution in [2.45, 2.75) is 17.4 Å². The highest BCUT2D eigenvalue weighted by molar-refractivity contribution is 5.97. The van der Waals surface area contributed by atoms with Crippen molar-refractivity contribution in [1.29, 1.82) is 10.5 Å². The van der Waals surface area contributed by atoms with Crippen LogP contribution in [0.1, 0.15) is 61.1 Å². The molecule has 2 atom stereocenters. The minimum atomic E-state index is -1.29. The van der Waals surface area contributed by atoms with E-state index in [1.807, 2.05) is 115 Å². The number of aromatic nitrogens is 2. The van der Waals surface area contributed by atoms with E-state index in [1.165, 1.54) is 0 Å². The third-order valence-electron chi connectivity index (χ3n) is 9.67. The molecule has 0 saturated heterocycles.